The number of carboxylic acid groups (broad SMARTS) is 1. The van der Waals surface area contributed by atoms with E-state index in [2.05, 4.69) is 23.7 Å². The summed E-state index contributed by atoms with van der Waals surface area (Å²) < 4.78 is 5.04. The third-order valence-corrected chi connectivity index (χ3v) is 2.55. The number of carboxylic acids is 1. The number of aliphatic carboxylic acids is 1. The topological polar surface area (TPSA) is 50.4 Å². The Labute approximate surface area is 119 Å². The summed E-state index contributed by atoms with van der Waals surface area (Å²) in [6.07, 6.45) is 10.5. The van der Waals surface area contributed by atoms with E-state index in [-0.39, 0.29) is 6.42 Å². The summed E-state index contributed by atoms with van der Waals surface area (Å²) in [5, 5.41) is 8.47. The number of allylic oxidation sites excluding steroid dienone is 2. The second-order valence-electron chi connectivity index (χ2n) is 4.25. The zero-order chi connectivity index (χ0) is 14.5. The van der Waals surface area contributed by atoms with Gasteiger partial charge in [-0.2, -0.15) is 0 Å². The van der Waals surface area contributed by atoms with Gasteiger partial charge in [0.25, 0.3) is 0 Å². The molecule has 0 bridgehead atoms. The quantitative estimate of drug-likeness (QED) is 0.608. The predicted octanol–water partition coefficient (Wildman–Crippen LogP) is 3.62. The molecule has 1 N–H and O–H groups in total. The molecular formula is C17H18O3. The molecule has 1 rings (SSSR count). The van der Waals surface area contributed by atoms with Gasteiger partial charge in [-0.1, -0.05) is 24.8 Å². The lowest BCUT2D eigenvalue weighted by Gasteiger charge is -1.96. The minimum Gasteiger partial charge on any atom is -0.481 e. The van der Waals surface area contributed by atoms with Crippen LogP contribution in [-0.4, -0.2) is 11.1 Å². The fourth-order valence-electron chi connectivity index (χ4n) is 1.55. The van der Waals surface area contributed by atoms with Gasteiger partial charge in [0, 0.05) is 6.42 Å². The van der Waals surface area contributed by atoms with Gasteiger partial charge < -0.3 is 9.52 Å². The number of furan rings is 1. The lowest BCUT2D eigenvalue weighted by molar-refractivity contribution is -0.137. The van der Waals surface area contributed by atoms with Gasteiger partial charge in [0.15, 0.2) is 5.76 Å². The third kappa shape index (κ3) is 8.66. The van der Waals surface area contributed by atoms with Crippen molar-refractivity contribution in [2.45, 2.75) is 38.5 Å². The first-order valence-electron chi connectivity index (χ1n) is 6.71. The second-order valence-corrected chi connectivity index (χ2v) is 4.25. The first kappa shape index (κ1) is 15.7. The Morgan fingerprint density at radius 1 is 1.25 bits per heavy atom. The molecule has 0 radical (unpaired) electrons. The zero-order valence-corrected chi connectivity index (χ0v) is 11.4. The van der Waals surface area contributed by atoms with Crippen LogP contribution < -0.4 is 0 Å². The van der Waals surface area contributed by atoms with Gasteiger partial charge in [-0.15, -0.1) is 0 Å². The van der Waals surface area contributed by atoms with E-state index in [9.17, 15) is 4.79 Å². The molecule has 104 valence electrons. The maximum Gasteiger partial charge on any atom is 0.303 e. The summed E-state index contributed by atoms with van der Waals surface area (Å²) in [5.41, 5.74) is 0. The number of rotatable bonds is 7. The molecule has 0 saturated carbocycles. The maximum absolute atomic E-state index is 10.3. The Kier molecular flexibility index (Phi) is 8.24. The summed E-state index contributed by atoms with van der Waals surface area (Å²) in [5.74, 6) is 11.0. The van der Waals surface area contributed by atoms with Gasteiger partial charge in [-0.05, 0) is 55.2 Å². The van der Waals surface area contributed by atoms with Crippen molar-refractivity contribution < 1.29 is 14.3 Å². The van der Waals surface area contributed by atoms with Crippen LogP contribution in [-0.2, 0) is 4.79 Å². The summed E-state index contributed by atoms with van der Waals surface area (Å²) in [4.78, 5) is 10.3. The minimum atomic E-state index is -0.712. The molecule has 3 heteroatoms. The van der Waals surface area contributed by atoms with Crippen LogP contribution in [0.4, 0.5) is 0 Å². The molecule has 0 aliphatic heterocycles. The Balaban J connectivity index is 2.04. The number of carbonyl (C=O) groups is 1. The molecule has 0 aliphatic rings. The summed E-state index contributed by atoms with van der Waals surface area (Å²) in [6.45, 7) is 0. The van der Waals surface area contributed by atoms with E-state index in [0.29, 0.717) is 5.76 Å². The average molecular weight is 270 g/mol. The molecule has 0 atom stereocenters. The summed E-state index contributed by atoms with van der Waals surface area (Å²) in [7, 11) is 0. The fourth-order valence-corrected chi connectivity index (χ4v) is 1.55. The van der Waals surface area contributed by atoms with Gasteiger partial charge in [0.05, 0.1) is 6.26 Å². The van der Waals surface area contributed by atoms with Crippen molar-refractivity contribution in [1.82, 2.24) is 0 Å². The monoisotopic (exact) mass is 270 g/mol. The molecule has 0 saturated heterocycles. The van der Waals surface area contributed by atoms with Crippen LogP contribution in [0.1, 0.15) is 44.3 Å². The van der Waals surface area contributed by atoms with Crippen LogP contribution in [0.5, 0.6) is 0 Å². The van der Waals surface area contributed by atoms with Crippen molar-refractivity contribution in [3.05, 3.63) is 36.3 Å². The number of hydrogen-bond donors (Lipinski definition) is 1. The highest BCUT2D eigenvalue weighted by Gasteiger charge is 1.95. The number of hydrogen-bond acceptors (Lipinski definition) is 2. The zero-order valence-electron chi connectivity index (χ0n) is 11.4. The van der Waals surface area contributed by atoms with Gasteiger partial charge >= 0.3 is 5.97 Å². The van der Waals surface area contributed by atoms with E-state index < -0.39 is 5.97 Å². The van der Waals surface area contributed by atoms with Crippen LogP contribution >= 0.6 is 0 Å². The van der Waals surface area contributed by atoms with Crippen molar-refractivity contribution in [3.63, 3.8) is 0 Å². The van der Waals surface area contributed by atoms with Gasteiger partial charge in [-0.3, -0.25) is 4.79 Å². The number of unbranched alkanes of at least 4 members (excludes halogenated alkanes) is 4. The Morgan fingerprint density at radius 3 is 2.85 bits per heavy atom. The molecule has 1 aromatic heterocycles. The molecule has 1 heterocycles. The van der Waals surface area contributed by atoms with Crippen molar-refractivity contribution in [2.75, 3.05) is 0 Å². The molecule has 3 nitrogen and oxygen atoms in total. The minimum absolute atomic E-state index is 0.273. The highest BCUT2D eigenvalue weighted by atomic mass is 16.4. The predicted molar refractivity (Wildman–Crippen MR) is 77.8 cm³/mol. The second kappa shape index (κ2) is 10.5. The summed E-state index contributed by atoms with van der Waals surface area (Å²) in [6, 6.07) is 3.57. The van der Waals surface area contributed by atoms with E-state index in [1.807, 2.05) is 6.08 Å². The van der Waals surface area contributed by atoms with E-state index in [1.54, 1.807) is 24.5 Å². The molecule has 0 unspecified atom stereocenters. The normalized spacial score (nSPS) is 9.60. The lowest BCUT2D eigenvalue weighted by atomic mass is 10.1. The van der Waals surface area contributed by atoms with Gasteiger partial charge in [-0.25, -0.2) is 0 Å². The van der Waals surface area contributed by atoms with E-state index in [4.69, 9.17) is 9.52 Å². The fraction of sp³-hybridized carbons (Fsp3) is 0.353. The van der Waals surface area contributed by atoms with Crippen LogP contribution in [0.2, 0.25) is 0 Å². The Morgan fingerprint density at radius 2 is 2.10 bits per heavy atom. The first-order valence-corrected chi connectivity index (χ1v) is 6.71. The average Bonchev–Trinajstić information content (AvgIpc) is 2.93. The Hall–Kier alpha value is -2.39. The largest absolute Gasteiger partial charge is 0.481 e. The molecule has 0 aliphatic carbocycles. The maximum atomic E-state index is 10.3. The molecule has 0 amide bonds. The van der Waals surface area contributed by atoms with Crippen molar-refractivity contribution in [1.29, 1.82) is 0 Å². The molecule has 0 aromatic carbocycles. The smallest absolute Gasteiger partial charge is 0.303 e. The molecule has 0 fully saturated rings. The third-order valence-electron chi connectivity index (χ3n) is 2.55. The Bertz CT molecular complexity index is 530. The van der Waals surface area contributed by atoms with Gasteiger partial charge in [0.1, 0.15) is 0 Å². The van der Waals surface area contributed by atoms with Crippen molar-refractivity contribution in [3.8, 4) is 23.7 Å². The molecule has 1 aromatic rings. The first-order chi connectivity index (χ1) is 9.79. The van der Waals surface area contributed by atoms with E-state index >= 15 is 0 Å². The lowest BCUT2D eigenvalue weighted by Crippen LogP contribution is -1.93. The van der Waals surface area contributed by atoms with Crippen LogP contribution in [0.15, 0.2) is 35.0 Å². The van der Waals surface area contributed by atoms with E-state index in [0.717, 1.165) is 32.1 Å². The standard InChI is InChI=1S/C17H18O3/c18-17(19)14-10-8-6-4-2-1-3-5-7-9-12-16-13-11-15-20-16/h1,3,11,13,15H,2,4,6,8,10,14H2,(H,18,19)/b3-1+. The van der Waals surface area contributed by atoms with Gasteiger partial charge in [0.2, 0.25) is 0 Å². The highest BCUT2D eigenvalue weighted by Crippen LogP contribution is 2.05. The molecular weight excluding hydrogens is 252 g/mol. The SMILES string of the molecule is O=C(O)CCCCCC/C=C/C#CC#Cc1ccco1. The van der Waals surface area contributed by atoms with Crippen molar-refractivity contribution >= 4 is 5.97 Å². The van der Waals surface area contributed by atoms with Crippen molar-refractivity contribution in [2.24, 2.45) is 0 Å². The van der Waals surface area contributed by atoms with Crippen LogP contribution in [0.3, 0.4) is 0 Å². The molecule has 20 heavy (non-hydrogen) atoms. The summed E-state index contributed by atoms with van der Waals surface area (Å²) >= 11 is 0. The van der Waals surface area contributed by atoms with Crippen LogP contribution in [0, 0.1) is 23.7 Å². The molecule has 0 spiro atoms. The van der Waals surface area contributed by atoms with E-state index in [1.165, 1.54) is 0 Å². The van der Waals surface area contributed by atoms with Crippen LogP contribution in [0.25, 0.3) is 0 Å². The highest BCUT2D eigenvalue weighted by molar-refractivity contribution is 5.66.